The van der Waals surface area contributed by atoms with Crippen LogP contribution in [-0.4, -0.2) is 4.98 Å². The van der Waals surface area contributed by atoms with Crippen molar-refractivity contribution >= 4 is 0 Å². The molecule has 0 saturated heterocycles. The van der Waals surface area contributed by atoms with Crippen molar-refractivity contribution < 1.29 is 4.39 Å². The van der Waals surface area contributed by atoms with E-state index in [2.05, 4.69) is 17.2 Å². The summed E-state index contributed by atoms with van der Waals surface area (Å²) in [6, 6.07) is 10.9. The zero-order valence-electron chi connectivity index (χ0n) is 11.4. The largest absolute Gasteiger partial charge is 0.304 e. The predicted molar refractivity (Wildman–Crippen MR) is 75.2 cm³/mol. The molecule has 0 fully saturated rings. The molecule has 2 aromatic rings. The van der Waals surface area contributed by atoms with Gasteiger partial charge >= 0.3 is 0 Å². The molecule has 19 heavy (non-hydrogen) atoms. The second-order valence-electron chi connectivity index (χ2n) is 4.63. The Morgan fingerprint density at radius 2 is 2.00 bits per heavy atom. The number of halogens is 1. The second-order valence-corrected chi connectivity index (χ2v) is 4.63. The van der Waals surface area contributed by atoms with Gasteiger partial charge in [0, 0.05) is 24.3 Å². The Morgan fingerprint density at radius 1 is 1.21 bits per heavy atom. The monoisotopic (exact) mass is 258 g/mol. The molecule has 2 nitrogen and oxygen atoms in total. The van der Waals surface area contributed by atoms with Gasteiger partial charge in [0.15, 0.2) is 0 Å². The lowest BCUT2D eigenvalue weighted by molar-refractivity contribution is 0.484. The lowest BCUT2D eigenvalue weighted by atomic mass is 10.0. The second kappa shape index (κ2) is 6.43. The molecule has 1 unspecified atom stereocenters. The number of hydrogen-bond acceptors (Lipinski definition) is 2. The average Bonchev–Trinajstić information content (AvgIpc) is 2.43. The van der Waals surface area contributed by atoms with Crippen LogP contribution in [0, 0.1) is 12.7 Å². The predicted octanol–water partition coefficient (Wildman–Crippen LogP) is 3.77. The molecule has 0 radical (unpaired) electrons. The van der Waals surface area contributed by atoms with Crippen molar-refractivity contribution in [3.8, 4) is 0 Å². The number of aromatic nitrogens is 1. The number of hydrogen-bond donors (Lipinski definition) is 1. The summed E-state index contributed by atoms with van der Waals surface area (Å²) in [7, 11) is 0. The van der Waals surface area contributed by atoms with E-state index < -0.39 is 0 Å². The smallest absolute Gasteiger partial charge is 0.127 e. The van der Waals surface area contributed by atoms with E-state index >= 15 is 0 Å². The molecule has 0 spiro atoms. The van der Waals surface area contributed by atoms with Crippen molar-refractivity contribution in [3.05, 3.63) is 65.2 Å². The molecule has 0 aliphatic heterocycles. The molecule has 1 aromatic carbocycles. The molecule has 0 saturated carbocycles. The highest BCUT2D eigenvalue weighted by Crippen LogP contribution is 2.20. The van der Waals surface area contributed by atoms with Gasteiger partial charge in [0.2, 0.25) is 0 Å². The number of pyridine rings is 1. The van der Waals surface area contributed by atoms with Crippen molar-refractivity contribution in [1.82, 2.24) is 10.3 Å². The molecule has 1 heterocycles. The Kier molecular flexibility index (Phi) is 4.63. The SMILES string of the molecule is CCC(NCc1ncccc1C)c1ccccc1F. The van der Waals surface area contributed by atoms with Crippen LogP contribution in [0.3, 0.4) is 0 Å². The summed E-state index contributed by atoms with van der Waals surface area (Å²) in [6.07, 6.45) is 2.63. The summed E-state index contributed by atoms with van der Waals surface area (Å²) in [4.78, 5) is 4.34. The molecule has 0 aliphatic carbocycles. The zero-order valence-corrected chi connectivity index (χ0v) is 11.4. The van der Waals surface area contributed by atoms with Crippen LogP contribution in [0.1, 0.15) is 36.2 Å². The van der Waals surface area contributed by atoms with Gasteiger partial charge < -0.3 is 5.32 Å². The summed E-state index contributed by atoms with van der Waals surface area (Å²) in [5.74, 6) is -0.153. The molecule has 0 aliphatic rings. The third kappa shape index (κ3) is 3.38. The topological polar surface area (TPSA) is 24.9 Å². The zero-order chi connectivity index (χ0) is 13.7. The van der Waals surface area contributed by atoms with Gasteiger partial charge in [0.25, 0.3) is 0 Å². The van der Waals surface area contributed by atoms with E-state index in [1.54, 1.807) is 12.3 Å². The third-order valence-electron chi connectivity index (χ3n) is 3.32. The Balaban J connectivity index is 2.09. The normalized spacial score (nSPS) is 12.4. The lowest BCUT2D eigenvalue weighted by Crippen LogP contribution is -2.22. The molecule has 3 heteroatoms. The van der Waals surface area contributed by atoms with E-state index in [-0.39, 0.29) is 11.9 Å². The maximum absolute atomic E-state index is 13.8. The van der Waals surface area contributed by atoms with E-state index in [0.717, 1.165) is 23.2 Å². The van der Waals surface area contributed by atoms with E-state index in [4.69, 9.17) is 0 Å². The van der Waals surface area contributed by atoms with Gasteiger partial charge in [-0.3, -0.25) is 4.98 Å². The molecular weight excluding hydrogens is 239 g/mol. The average molecular weight is 258 g/mol. The van der Waals surface area contributed by atoms with Gasteiger partial charge in [-0.15, -0.1) is 0 Å². The number of nitrogens with one attached hydrogen (secondary N) is 1. The molecule has 100 valence electrons. The van der Waals surface area contributed by atoms with E-state index in [1.165, 1.54) is 6.07 Å². The molecule has 0 amide bonds. The summed E-state index contributed by atoms with van der Waals surface area (Å²) < 4.78 is 13.8. The fourth-order valence-electron chi connectivity index (χ4n) is 2.16. The van der Waals surface area contributed by atoms with Gasteiger partial charge in [-0.1, -0.05) is 31.2 Å². The minimum absolute atomic E-state index is 0.0163. The van der Waals surface area contributed by atoms with Crippen LogP contribution >= 0.6 is 0 Å². The Morgan fingerprint density at radius 3 is 2.68 bits per heavy atom. The molecule has 1 N–H and O–H groups in total. The van der Waals surface area contributed by atoms with Crippen LogP contribution in [0.4, 0.5) is 4.39 Å². The first-order chi connectivity index (χ1) is 9.22. The van der Waals surface area contributed by atoms with Gasteiger partial charge in [-0.2, -0.15) is 0 Å². The summed E-state index contributed by atoms with van der Waals surface area (Å²) in [5.41, 5.74) is 2.88. The minimum Gasteiger partial charge on any atom is -0.304 e. The number of benzene rings is 1. The fourth-order valence-corrected chi connectivity index (χ4v) is 2.16. The van der Waals surface area contributed by atoms with Crippen LogP contribution < -0.4 is 5.32 Å². The van der Waals surface area contributed by atoms with E-state index in [9.17, 15) is 4.39 Å². The first kappa shape index (κ1) is 13.7. The highest BCUT2D eigenvalue weighted by molar-refractivity contribution is 5.22. The van der Waals surface area contributed by atoms with Crippen LogP contribution in [0.5, 0.6) is 0 Å². The van der Waals surface area contributed by atoms with Crippen LogP contribution in [0.2, 0.25) is 0 Å². The van der Waals surface area contributed by atoms with Crippen LogP contribution in [0.15, 0.2) is 42.6 Å². The van der Waals surface area contributed by atoms with Gasteiger partial charge in [0.05, 0.1) is 5.69 Å². The van der Waals surface area contributed by atoms with Crippen molar-refractivity contribution in [2.75, 3.05) is 0 Å². The standard InChI is InChI=1S/C16H19FN2/c1-3-15(13-8-4-5-9-14(13)17)19-11-16-12(2)7-6-10-18-16/h4-10,15,19H,3,11H2,1-2H3. The van der Waals surface area contributed by atoms with Crippen molar-refractivity contribution in [1.29, 1.82) is 0 Å². The molecule has 0 bridgehead atoms. The summed E-state index contributed by atoms with van der Waals surface area (Å²) >= 11 is 0. The highest BCUT2D eigenvalue weighted by atomic mass is 19.1. The fraction of sp³-hybridized carbons (Fsp3) is 0.312. The molecular formula is C16H19FN2. The summed E-state index contributed by atoms with van der Waals surface area (Å²) in [6.45, 7) is 4.74. The van der Waals surface area contributed by atoms with Crippen LogP contribution in [0.25, 0.3) is 0 Å². The van der Waals surface area contributed by atoms with E-state index in [0.29, 0.717) is 6.54 Å². The van der Waals surface area contributed by atoms with Crippen molar-refractivity contribution in [2.24, 2.45) is 0 Å². The molecule has 1 aromatic heterocycles. The van der Waals surface area contributed by atoms with Crippen molar-refractivity contribution in [2.45, 2.75) is 32.9 Å². The molecule has 1 atom stereocenters. The number of nitrogens with zero attached hydrogens (tertiary/aromatic N) is 1. The maximum Gasteiger partial charge on any atom is 0.127 e. The Bertz CT molecular complexity index is 540. The van der Waals surface area contributed by atoms with Crippen molar-refractivity contribution in [3.63, 3.8) is 0 Å². The van der Waals surface area contributed by atoms with Gasteiger partial charge in [-0.05, 0) is 31.0 Å². The third-order valence-corrected chi connectivity index (χ3v) is 3.32. The van der Waals surface area contributed by atoms with Gasteiger partial charge in [0.1, 0.15) is 5.82 Å². The quantitative estimate of drug-likeness (QED) is 0.883. The number of aryl methyl sites for hydroxylation is 1. The molecule has 2 rings (SSSR count). The van der Waals surface area contributed by atoms with Gasteiger partial charge in [-0.25, -0.2) is 4.39 Å². The summed E-state index contributed by atoms with van der Waals surface area (Å²) in [5, 5.41) is 3.38. The first-order valence-electron chi connectivity index (χ1n) is 6.60. The number of rotatable bonds is 5. The maximum atomic E-state index is 13.8. The lowest BCUT2D eigenvalue weighted by Gasteiger charge is -2.18. The van der Waals surface area contributed by atoms with E-state index in [1.807, 2.05) is 31.2 Å². The Hall–Kier alpha value is -1.74. The van der Waals surface area contributed by atoms with Crippen LogP contribution in [-0.2, 0) is 6.54 Å². The Labute approximate surface area is 113 Å². The first-order valence-corrected chi connectivity index (χ1v) is 6.60. The minimum atomic E-state index is -0.153. The highest BCUT2D eigenvalue weighted by Gasteiger charge is 2.13.